The Morgan fingerprint density at radius 3 is 2.00 bits per heavy atom. The van der Waals surface area contributed by atoms with Crippen LogP contribution in [-0.2, 0) is 20.9 Å². The molecule has 1 aromatic carbocycles. The first-order valence-electron chi connectivity index (χ1n) is 6.27. The van der Waals surface area contributed by atoms with Gasteiger partial charge in [0, 0.05) is 31.2 Å². The molecule has 0 aliphatic rings. The Morgan fingerprint density at radius 1 is 1.09 bits per heavy atom. The monoisotopic (exact) mass is 309 g/mol. The van der Waals surface area contributed by atoms with Crippen molar-refractivity contribution in [1.82, 2.24) is 4.90 Å². The first-order valence-corrected chi connectivity index (χ1v) is 6.27. The number of rotatable bonds is 5. The smallest absolute Gasteiger partial charge is 0.328 e. The van der Waals surface area contributed by atoms with E-state index < -0.39 is 11.9 Å². The van der Waals surface area contributed by atoms with Gasteiger partial charge in [-0.05, 0) is 20.2 Å². The Labute approximate surface area is 128 Å². The molecule has 0 aliphatic carbocycles. The molecular formula is C15H19NO6. The molecule has 0 aromatic heterocycles. The number of aliphatic carboxylic acids is 2. The van der Waals surface area contributed by atoms with Gasteiger partial charge in [0.25, 0.3) is 0 Å². The van der Waals surface area contributed by atoms with Crippen LogP contribution in [0.5, 0.6) is 5.75 Å². The molecule has 120 valence electrons. The molecule has 1 rings (SSSR count). The number of nitrogens with zero attached hydrogens (tertiary/aromatic N) is 1. The van der Waals surface area contributed by atoms with E-state index in [1.54, 1.807) is 6.07 Å². The number of ether oxygens (including phenoxy) is 1. The quantitative estimate of drug-likeness (QED) is 0.481. The normalized spacial score (nSPS) is 10.0. The Hall–Kier alpha value is -2.67. The van der Waals surface area contributed by atoms with Gasteiger partial charge in [0.1, 0.15) is 5.75 Å². The van der Waals surface area contributed by atoms with Crippen molar-refractivity contribution in [2.45, 2.75) is 13.5 Å². The predicted octanol–water partition coefficient (Wildman–Crippen LogP) is 1.39. The van der Waals surface area contributed by atoms with Crippen molar-refractivity contribution in [1.29, 1.82) is 0 Å². The van der Waals surface area contributed by atoms with Crippen molar-refractivity contribution < 1.29 is 29.3 Å². The van der Waals surface area contributed by atoms with E-state index in [1.165, 1.54) is 6.92 Å². The fourth-order valence-electron chi connectivity index (χ4n) is 1.37. The summed E-state index contributed by atoms with van der Waals surface area (Å²) < 4.78 is 5.08. The molecule has 0 spiro atoms. The topological polar surface area (TPSA) is 104 Å². The minimum atomic E-state index is -1.26. The van der Waals surface area contributed by atoms with Gasteiger partial charge in [0.2, 0.25) is 0 Å². The summed E-state index contributed by atoms with van der Waals surface area (Å²) in [5.41, 5.74) is 1.02. The van der Waals surface area contributed by atoms with Crippen LogP contribution in [-0.4, -0.2) is 47.1 Å². The van der Waals surface area contributed by atoms with Gasteiger partial charge < -0.3 is 19.8 Å². The number of hydrogen-bond donors (Lipinski definition) is 2. The van der Waals surface area contributed by atoms with Crippen LogP contribution in [0.25, 0.3) is 0 Å². The van der Waals surface area contributed by atoms with Gasteiger partial charge in [-0.2, -0.15) is 0 Å². The van der Waals surface area contributed by atoms with Crippen LogP contribution in [0.4, 0.5) is 0 Å². The van der Waals surface area contributed by atoms with Gasteiger partial charge in [-0.15, -0.1) is 0 Å². The number of carboxylic acids is 2. The number of esters is 1. The number of carboxylic acid groups (broad SMARTS) is 2. The van der Waals surface area contributed by atoms with E-state index in [1.807, 2.05) is 37.2 Å². The number of carbonyl (C=O) groups excluding carboxylic acids is 1. The third-order valence-corrected chi connectivity index (χ3v) is 2.08. The van der Waals surface area contributed by atoms with E-state index in [-0.39, 0.29) is 5.97 Å². The van der Waals surface area contributed by atoms with Crippen molar-refractivity contribution in [3.8, 4) is 5.75 Å². The van der Waals surface area contributed by atoms with Crippen LogP contribution < -0.4 is 4.74 Å². The van der Waals surface area contributed by atoms with E-state index in [9.17, 15) is 14.4 Å². The Balaban J connectivity index is 0.000000472. The third-order valence-electron chi connectivity index (χ3n) is 2.08. The standard InChI is InChI=1S/C11H15NO2.C4H4O4/c1-9(13)14-11-7-5-4-6-10(11)8-12(2)3;5-3(6)1-2-4(7)8/h4-7H,8H2,1-3H3;1-2H,(H,5,6)(H,7,8). The lowest BCUT2D eigenvalue weighted by Crippen LogP contribution is -2.12. The molecule has 2 N–H and O–H groups in total. The SMILES string of the molecule is CC(=O)Oc1ccccc1CN(C)C.O=C(O)C=CC(=O)O. The van der Waals surface area contributed by atoms with Crippen molar-refractivity contribution in [3.63, 3.8) is 0 Å². The average molecular weight is 309 g/mol. The van der Waals surface area contributed by atoms with Gasteiger partial charge >= 0.3 is 17.9 Å². The maximum absolute atomic E-state index is 10.8. The third kappa shape index (κ3) is 10.2. The first-order chi connectivity index (χ1) is 10.2. The zero-order valence-corrected chi connectivity index (χ0v) is 12.6. The molecule has 0 bridgehead atoms. The molecule has 0 aliphatic heterocycles. The van der Waals surface area contributed by atoms with Gasteiger partial charge in [-0.1, -0.05) is 18.2 Å². The summed E-state index contributed by atoms with van der Waals surface area (Å²) >= 11 is 0. The van der Waals surface area contributed by atoms with Gasteiger partial charge in [-0.25, -0.2) is 9.59 Å². The van der Waals surface area contributed by atoms with Gasteiger partial charge in [0.05, 0.1) is 0 Å². The molecule has 1 aromatic rings. The molecule has 0 heterocycles. The second-order valence-corrected chi connectivity index (χ2v) is 4.45. The largest absolute Gasteiger partial charge is 0.478 e. The maximum atomic E-state index is 10.8. The summed E-state index contributed by atoms with van der Waals surface area (Å²) in [7, 11) is 3.95. The minimum Gasteiger partial charge on any atom is -0.478 e. The van der Waals surface area contributed by atoms with Crippen LogP contribution in [0.3, 0.4) is 0 Å². The fraction of sp³-hybridized carbons (Fsp3) is 0.267. The average Bonchev–Trinajstić information content (AvgIpc) is 2.38. The van der Waals surface area contributed by atoms with E-state index in [0.717, 1.165) is 12.1 Å². The van der Waals surface area contributed by atoms with Crippen molar-refractivity contribution in [2.24, 2.45) is 0 Å². The maximum Gasteiger partial charge on any atom is 0.328 e. The Kier molecular flexibility index (Phi) is 8.89. The molecule has 0 saturated carbocycles. The molecule has 0 atom stereocenters. The second kappa shape index (κ2) is 10.1. The highest BCUT2D eigenvalue weighted by Crippen LogP contribution is 2.18. The Bertz CT molecular complexity index is 535. The van der Waals surface area contributed by atoms with Crippen LogP contribution in [0.1, 0.15) is 12.5 Å². The summed E-state index contributed by atoms with van der Waals surface area (Å²) in [6.45, 7) is 2.18. The van der Waals surface area contributed by atoms with Crippen LogP contribution in [0.15, 0.2) is 36.4 Å². The number of hydrogen-bond acceptors (Lipinski definition) is 5. The molecule has 7 nitrogen and oxygen atoms in total. The summed E-state index contributed by atoms with van der Waals surface area (Å²) in [5.74, 6) is -2.15. The lowest BCUT2D eigenvalue weighted by Gasteiger charge is -2.12. The van der Waals surface area contributed by atoms with E-state index in [0.29, 0.717) is 17.9 Å². The predicted molar refractivity (Wildman–Crippen MR) is 79.6 cm³/mol. The number of carbonyl (C=O) groups is 3. The summed E-state index contributed by atoms with van der Waals surface area (Å²) in [4.78, 5) is 32.0. The van der Waals surface area contributed by atoms with E-state index in [4.69, 9.17) is 14.9 Å². The summed E-state index contributed by atoms with van der Waals surface area (Å²) in [5, 5.41) is 15.6. The molecular weight excluding hydrogens is 290 g/mol. The molecule has 0 fully saturated rings. The van der Waals surface area contributed by atoms with Crippen molar-refractivity contribution >= 4 is 17.9 Å². The lowest BCUT2D eigenvalue weighted by atomic mass is 10.2. The molecule has 0 radical (unpaired) electrons. The molecule has 22 heavy (non-hydrogen) atoms. The summed E-state index contributed by atoms with van der Waals surface area (Å²) in [6, 6.07) is 7.56. The lowest BCUT2D eigenvalue weighted by molar-refractivity contribution is -0.134. The molecule has 0 saturated heterocycles. The Morgan fingerprint density at radius 2 is 1.59 bits per heavy atom. The molecule has 0 amide bonds. The zero-order valence-electron chi connectivity index (χ0n) is 12.6. The number of benzene rings is 1. The highest BCUT2D eigenvalue weighted by Gasteiger charge is 2.05. The number of para-hydroxylation sites is 1. The van der Waals surface area contributed by atoms with Gasteiger partial charge in [-0.3, -0.25) is 4.79 Å². The minimum absolute atomic E-state index is 0.281. The van der Waals surface area contributed by atoms with Crippen LogP contribution in [0, 0.1) is 0 Å². The highest BCUT2D eigenvalue weighted by atomic mass is 16.5. The highest BCUT2D eigenvalue weighted by molar-refractivity contribution is 5.89. The zero-order chi connectivity index (χ0) is 17.1. The van der Waals surface area contributed by atoms with Crippen LogP contribution >= 0.6 is 0 Å². The van der Waals surface area contributed by atoms with E-state index in [2.05, 4.69) is 0 Å². The van der Waals surface area contributed by atoms with Crippen LogP contribution in [0.2, 0.25) is 0 Å². The van der Waals surface area contributed by atoms with E-state index >= 15 is 0 Å². The molecule has 7 heteroatoms. The first kappa shape index (κ1) is 19.3. The van der Waals surface area contributed by atoms with Crippen molar-refractivity contribution in [3.05, 3.63) is 42.0 Å². The van der Waals surface area contributed by atoms with Gasteiger partial charge in [0.15, 0.2) is 0 Å². The second-order valence-electron chi connectivity index (χ2n) is 4.45. The van der Waals surface area contributed by atoms with Crippen molar-refractivity contribution in [2.75, 3.05) is 14.1 Å². The molecule has 0 unspecified atom stereocenters. The summed E-state index contributed by atoms with van der Waals surface area (Å²) in [6.07, 6.45) is 1.12. The fourth-order valence-corrected chi connectivity index (χ4v) is 1.37.